The molecule has 0 atom stereocenters. The number of rotatable bonds is 23. The molecule has 11 heteroatoms. The van der Waals surface area contributed by atoms with E-state index in [1.54, 1.807) is 6.20 Å². The zero-order valence-corrected chi connectivity index (χ0v) is 32.2. The molecule has 2 aromatic carbocycles. The highest BCUT2D eigenvalue weighted by molar-refractivity contribution is 5.65. The smallest absolute Gasteiger partial charge is 0.483 e. The summed E-state index contributed by atoms with van der Waals surface area (Å²) in [5.74, 6) is 0.806. The lowest BCUT2D eigenvalue weighted by Crippen LogP contribution is -2.22. The molecule has 52 heavy (non-hydrogen) atoms. The summed E-state index contributed by atoms with van der Waals surface area (Å²) in [5, 5.41) is 9.38. The van der Waals surface area contributed by atoms with Crippen molar-refractivity contribution in [3.05, 3.63) is 92.9 Å². The summed E-state index contributed by atoms with van der Waals surface area (Å²) >= 11 is 0. The van der Waals surface area contributed by atoms with Crippen LogP contribution in [0, 0.1) is 6.92 Å². The first kappa shape index (κ1) is 42.7. The average molecular weight is 726 g/mol. The predicted molar refractivity (Wildman–Crippen MR) is 201 cm³/mol. The summed E-state index contributed by atoms with van der Waals surface area (Å²) in [4.78, 5) is 23.8. The van der Waals surface area contributed by atoms with E-state index in [9.17, 15) is 14.7 Å². The van der Waals surface area contributed by atoms with Gasteiger partial charge in [-0.2, -0.15) is 0 Å². The Balaban J connectivity index is 1.19. The fourth-order valence-electron chi connectivity index (χ4n) is 5.47. The molecule has 1 heterocycles. The molecule has 1 N–H and O–H groups in total. The van der Waals surface area contributed by atoms with E-state index in [0.29, 0.717) is 90.7 Å². The van der Waals surface area contributed by atoms with Crippen LogP contribution in [-0.4, -0.2) is 81.9 Å². The van der Waals surface area contributed by atoms with Gasteiger partial charge >= 0.3 is 6.16 Å². The van der Waals surface area contributed by atoms with Crippen LogP contribution < -0.4 is 14.9 Å². The number of pyridine rings is 1. The summed E-state index contributed by atoms with van der Waals surface area (Å²) in [6.07, 6.45) is 2.11. The van der Waals surface area contributed by atoms with Gasteiger partial charge < -0.3 is 42.8 Å². The molecule has 1 aromatic heterocycles. The lowest BCUT2D eigenvalue weighted by molar-refractivity contribution is -0.0116. The van der Waals surface area contributed by atoms with E-state index in [1.165, 1.54) is 6.07 Å². The van der Waals surface area contributed by atoms with Crippen LogP contribution in [0.3, 0.4) is 0 Å². The number of ether oxygens (including phenoxy) is 7. The second kappa shape index (κ2) is 21.7. The normalized spacial score (nSPS) is 11.9. The van der Waals surface area contributed by atoms with Crippen molar-refractivity contribution in [2.75, 3.05) is 66.1 Å². The maximum atomic E-state index is 12.3. The molecule has 0 aliphatic heterocycles. The highest BCUT2D eigenvalue weighted by atomic mass is 16.7. The molecular weight excluding hydrogens is 666 g/mol. The summed E-state index contributed by atoms with van der Waals surface area (Å²) in [6, 6.07) is 15.4. The Kier molecular flexibility index (Phi) is 17.8. The maximum Gasteiger partial charge on any atom is 0.511 e. The van der Waals surface area contributed by atoms with Gasteiger partial charge in [0.1, 0.15) is 12.4 Å². The molecule has 0 saturated carbocycles. The monoisotopic (exact) mass is 725 g/mol. The van der Waals surface area contributed by atoms with Crippen LogP contribution in [0.5, 0.6) is 11.5 Å². The third-order valence-electron chi connectivity index (χ3n) is 8.29. The Morgan fingerprint density at radius 3 is 1.67 bits per heavy atom. The first-order chi connectivity index (χ1) is 24.8. The van der Waals surface area contributed by atoms with Crippen molar-refractivity contribution in [2.24, 2.45) is 0 Å². The minimum absolute atomic E-state index is 0.133. The average Bonchev–Trinajstić information content (AvgIpc) is 3.08. The maximum absolute atomic E-state index is 12.3. The number of hydrogen-bond donors (Lipinski definition) is 1. The van der Waals surface area contributed by atoms with Crippen molar-refractivity contribution in [2.45, 2.75) is 85.3 Å². The van der Waals surface area contributed by atoms with Crippen LogP contribution >= 0.6 is 0 Å². The number of carboxylic acid groups (broad SMARTS) is 1. The summed E-state index contributed by atoms with van der Waals surface area (Å²) < 4.78 is 41.4. The minimum atomic E-state index is -1.30. The number of benzene rings is 2. The zero-order chi connectivity index (χ0) is 38.0. The zero-order valence-electron chi connectivity index (χ0n) is 32.2. The minimum Gasteiger partial charge on any atom is -0.483 e. The molecule has 0 radical (unpaired) electrons. The number of hydrogen-bond acceptors (Lipinski definition) is 9. The molecule has 0 spiro atoms. The third kappa shape index (κ3) is 15.1. The van der Waals surface area contributed by atoms with Crippen molar-refractivity contribution in [1.82, 2.24) is 4.57 Å². The standard InChI is InChI=1S/C41H59NO10/c1-31-37(51-30-32-12-9-8-10-13-32)36(43)15-16-42(31)17-19-47-21-23-49-25-27-50-26-24-48-22-20-46-18-11-14-33-28-34(40(2,3)4)38(52-39(44)45)35(29-33)41(5,6)7/h8-10,12-13,15-16,28-29H,11,14,17-27,30H2,1-7H3,(H,44,45). The molecule has 0 saturated heterocycles. The summed E-state index contributed by atoms with van der Waals surface area (Å²) in [6.45, 7) is 20.1. The lowest BCUT2D eigenvalue weighted by atomic mass is 9.78. The summed E-state index contributed by atoms with van der Waals surface area (Å²) in [5.41, 5.74) is 4.01. The van der Waals surface area contributed by atoms with Crippen molar-refractivity contribution in [3.8, 4) is 11.5 Å². The Bertz CT molecular complexity index is 1520. The van der Waals surface area contributed by atoms with Gasteiger partial charge in [0.25, 0.3) is 0 Å². The molecule has 11 nitrogen and oxygen atoms in total. The number of aromatic nitrogens is 1. The second-order valence-electron chi connectivity index (χ2n) is 14.6. The van der Waals surface area contributed by atoms with Crippen LogP contribution in [0.25, 0.3) is 0 Å². The Labute approximate surface area is 309 Å². The van der Waals surface area contributed by atoms with Crippen LogP contribution in [-0.2, 0) is 54.1 Å². The van der Waals surface area contributed by atoms with E-state index in [4.69, 9.17) is 33.2 Å². The fraction of sp³-hybridized carbons (Fsp3) is 0.561. The highest BCUT2D eigenvalue weighted by Gasteiger charge is 2.29. The first-order valence-electron chi connectivity index (χ1n) is 18.1. The van der Waals surface area contributed by atoms with Gasteiger partial charge in [-0.1, -0.05) is 84.0 Å². The van der Waals surface area contributed by atoms with Gasteiger partial charge in [0.2, 0.25) is 5.43 Å². The van der Waals surface area contributed by atoms with Gasteiger partial charge in [-0.3, -0.25) is 4.79 Å². The molecular formula is C41H59NO10. The Morgan fingerprint density at radius 1 is 0.673 bits per heavy atom. The van der Waals surface area contributed by atoms with Gasteiger partial charge in [0.05, 0.1) is 65.2 Å². The first-order valence-corrected chi connectivity index (χ1v) is 18.1. The lowest BCUT2D eigenvalue weighted by Gasteiger charge is -2.29. The van der Waals surface area contributed by atoms with Gasteiger partial charge in [-0.25, -0.2) is 4.79 Å². The molecule has 0 bridgehead atoms. The molecule has 288 valence electrons. The van der Waals surface area contributed by atoms with Gasteiger partial charge in [-0.15, -0.1) is 0 Å². The van der Waals surface area contributed by atoms with Crippen LogP contribution in [0.15, 0.2) is 59.5 Å². The molecule has 0 unspecified atom stereocenters. The number of aryl methyl sites for hydroxylation is 1. The van der Waals surface area contributed by atoms with Crippen molar-refractivity contribution in [3.63, 3.8) is 0 Å². The molecule has 3 rings (SSSR count). The van der Waals surface area contributed by atoms with E-state index < -0.39 is 6.16 Å². The Hall–Kier alpha value is -3.74. The number of nitrogens with zero attached hydrogens (tertiary/aromatic N) is 1. The SMILES string of the molecule is Cc1c(OCc2ccccc2)c(=O)ccn1CCOCCOCCOCCOCCOCCCc1cc(C(C)(C)C)c(OC(=O)O)c(C(C)(C)C)c1. The molecule has 0 aliphatic carbocycles. The molecule has 0 amide bonds. The van der Waals surface area contributed by atoms with Gasteiger partial charge in [0, 0.05) is 36.5 Å². The van der Waals surface area contributed by atoms with Crippen LogP contribution in [0.1, 0.15) is 75.9 Å². The van der Waals surface area contributed by atoms with Gasteiger partial charge in [-0.05, 0) is 41.7 Å². The van der Waals surface area contributed by atoms with E-state index in [2.05, 4.69) is 53.7 Å². The van der Waals surface area contributed by atoms with E-state index in [1.807, 2.05) is 41.8 Å². The quantitative estimate of drug-likeness (QED) is 0.0615. The van der Waals surface area contributed by atoms with Gasteiger partial charge in [0.15, 0.2) is 5.75 Å². The fourth-order valence-corrected chi connectivity index (χ4v) is 5.47. The molecule has 0 fully saturated rings. The van der Waals surface area contributed by atoms with Crippen molar-refractivity contribution >= 4 is 6.16 Å². The van der Waals surface area contributed by atoms with E-state index in [-0.39, 0.29) is 16.3 Å². The molecule has 3 aromatic rings. The predicted octanol–water partition coefficient (Wildman–Crippen LogP) is 7.10. The number of carbonyl (C=O) groups is 1. The van der Waals surface area contributed by atoms with Crippen molar-refractivity contribution in [1.29, 1.82) is 0 Å². The third-order valence-corrected chi connectivity index (χ3v) is 8.29. The largest absolute Gasteiger partial charge is 0.511 e. The summed E-state index contributed by atoms with van der Waals surface area (Å²) in [7, 11) is 0. The van der Waals surface area contributed by atoms with E-state index in [0.717, 1.165) is 40.8 Å². The topological polar surface area (TPSA) is 124 Å². The van der Waals surface area contributed by atoms with Crippen LogP contribution in [0.4, 0.5) is 4.79 Å². The van der Waals surface area contributed by atoms with Crippen LogP contribution in [0.2, 0.25) is 0 Å². The van der Waals surface area contributed by atoms with Crippen molar-refractivity contribution < 1.29 is 43.1 Å². The van der Waals surface area contributed by atoms with E-state index >= 15 is 0 Å². The Morgan fingerprint density at radius 2 is 1.17 bits per heavy atom. The highest BCUT2D eigenvalue weighted by Crippen LogP contribution is 2.41. The second-order valence-corrected chi connectivity index (χ2v) is 14.6. The molecule has 0 aliphatic rings.